The summed E-state index contributed by atoms with van der Waals surface area (Å²) in [7, 11) is 0. The van der Waals surface area contributed by atoms with Crippen LogP contribution in [0, 0.1) is 0 Å². The van der Waals surface area contributed by atoms with Crippen LogP contribution in [0.15, 0.2) is 191 Å². The first kappa shape index (κ1) is 32.3. The average Bonchev–Trinajstić information content (AvgIpc) is 3.95. The van der Waals surface area contributed by atoms with E-state index in [9.17, 15) is 0 Å². The van der Waals surface area contributed by atoms with Gasteiger partial charge in [0.1, 0.15) is 22.3 Å². The molecular weight excluding hydrogens is 701 g/mol. The van der Waals surface area contributed by atoms with E-state index in [1.54, 1.807) is 0 Å². The molecule has 0 aliphatic carbocycles. The number of benzene rings is 8. The summed E-state index contributed by atoms with van der Waals surface area (Å²) in [5, 5.41) is 18.2. The molecule has 8 aromatic carbocycles. The van der Waals surface area contributed by atoms with Gasteiger partial charge in [-0.25, -0.2) is 0 Å². The smallest absolute Gasteiger partial charge is 0.143 e. The molecule has 3 N–H and O–H groups in total. The molecule has 6 heteroatoms. The van der Waals surface area contributed by atoms with Gasteiger partial charge >= 0.3 is 0 Å². The van der Waals surface area contributed by atoms with Gasteiger partial charge in [0.05, 0.1) is 29.5 Å². The fourth-order valence-corrected chi connectivity index (χ4v) is 9.01. The Bertz CT molecular complexity index is 3210. The third kappa shape index (κ3) is 5.23. The molecule has 1 aliphatic rings. The summed E-state index contributed by atoms with van der Waals surface area (Å²) >= 11 is 0. The number of hydrogen-bond acceptors (Lipinski definition) is 5. The lowest BCUT2D eigenvalue weighted by molar-refractivity contribution is 0.203. The molecule has 1 fully saturated rings. The third-order valence-corrected chi connectivity index (χ3v) is 11.7. The fourth-order valence-electron chi connectivity index (χ4n) is 9.01. The SMILES string of the molecule is c1ccc(C2NC(c3ccccc3)NC(c3ccc4oc5c(-c6ccc7c(c6)oc6cc(-n8c9ccccc9c9ccccc98)ccc67)cccc5c4c3)N2)cc1. The maximum absolute atomic E-state index is 6.67. The highest BCUT2D eigenvalue weighted by Crippen LogP contribution is 2.40. The average molecular weight is 737 g/mol. The lowest BCUT2D eigenvalue weighted by Gasteiger charge is -2.39. The summed E-state index contributed by atoms with van der Waals surface area (Å²) < 4.78 is 15.7. The van der Waals surface area contributed by atoms with Crippen LogP contribution in [-0.2, 0) is 0 Å². The van der Waals surface area contributed by atoms with E-state index < -0.39 is 0 Å². The zero-order chi connectivity index (χ0) is 37.5. The van der Waals surface area contributed by atoms with Crippen molar-refractivity contribution in [3.8, 4) is 16.8 Å². The second kappa shape index (κ2) is 12.8. The van der Waals surface area contributed by atoms with Crippen molar-refractivity contribution >= 4 is 65.7 Å². The van der Waals surface area contributed by atoms with Crippen LogP contribution in [-0.4, -0.2) is 4.57 Å². The Morgan fingerprint density at radius 2 is 0.947 bits per heavy atom. The first-order valence-electron chi connectivity index (χ1n) is 19.5. The van der Waals surface area contributed by atoms with Crippen molar-refractivity contribution in [3.63, 3.8) is 0 Å². The highest BCUT2D eigenvalue weighted by Gasteiger charge is 2.30. The van der Waals surface area contributed by atoms with Crippen LogP contribution in [0.4, 0.5) is 0 Å². The number of para-hydroxylation sites is 3. The van der Waals surface area contributed by atoms with Crippen molar-refractivity contribution in [1.82, 2.24) is 20.5 Å². The normalized spacial score (nSPS) is 17.4. The molecule has 12 rings (SSSR count). The number of hydrogen-bond donors (Lipinski definition) is 3. The second-order valence-electron chi connectivity index (χ2n) is 15.0. The van der Waals surface area contributed by atoms with E-state index in [1.165, 1.54) is 32.9 Å². The Labute approximate surface area is 327 Å². The Balaban J connectivity index is 0.919. The number of fused-ring (bicyclic) bond motifs is 9. The standard InChI is InChI=1S/C51H36N4O2/c1-3-12-31(13-4-1)49-52-50(32-14-5-2-6-15-32)54-51(53-49)34-23-27-45-42(28-34)41-19-11-18-36(48(41)57-45)33-22-25-39-40-26-24-35(30-47(40)56-46(39)29-33)55-43-20-9-7-16-37(43)38-17-8-10-21-44(38)55/h1-30,49-54H. The van der Waals surface area contributed by atoms with Crippen LogP contribution >= 0.6 is 0 Å². The molecule has 272 valence electrons. The first-order chi connectivity index (χ1) is 28.2. The highest BCUT2D eigenvalue weighted by molar-refractivity contribution is 6.12. The number of furan rings is 2. The predicted octanol–water partition coefficient (Wildman–Crippen LogP) is 12.4. The monoisotopic (exact) mass is 736 g/mol. The lowest BCUT2D eigenvalue weighted by atomic mass is 10.00. The number of nitrogens with zero attached hydrogens (tertiary/aromatic N) is 1. The highest BCUT2D eigenvalue weighted by atomic mass is 16.3. The van der Waals surface area contributed by atoms with Gasteiger partial charge in [0.25, 0.3) is 0 Å². The molecule has 6 nitrogen and oxygen atoms in total. The van der Waals surface area contributed by atoms with Crippen molar-refractivity contribution in [2.24, 2.45) is 0 Å². The summed E-state index contributed by atoms with van der Waals surface area (Å²) in [6, 6.07) is 64.3. The van der Waals surface area contributed by atoms with Gasteiger partial charge in [-0.05, 0) is 70.8 Å². The molecular formula is C51H36N4O2. The maximum Gasteiger partial charge on any atom is 0.143 e. The minimum absolute atomic E-state index is 0.0422. The molecule has 4 heterocycles. The molecule has 0 spiro atoms. The molecule has 2 unspecified atom stereocenters. The summed E-state index contributed by atoms with van der Waals surface area (Å²) in [4.78, 5) is 0. The first-order valence-corrected chi connectivity index (χ1v) is 19.5. The Morgan fingerprint density at radius 1 is 0.368 bits per heavy atom. The molecule has 57 heavy (non-hydrogen) atoms. The molecule has 3 aromatic heterocycles. The zero-order valence-electron chi connectivity index (χ0n) is 30.8. The number of aromatic nitrogens is 1. The third-order valence-electron chi connectivity index (χ3n) is 11.7. The lowest BCUT2D eigenvalue weighted by Crippen LogP contribution is -2.54. The Morgan fingerprint density at radius 3 is 1.63 bits per heavy atom. The van der Waals surface area contributed by atoms with Gasteiger partial charge in [-0.2, -0.15) is 0 Å². The molecule has 0 saturated carbocycles. The van der Waals surface area contributed by atoms with Gasteiger partial charge in [0, 0.05) is 49.6 Å². The molecule has 0 bridgehead atoms. The summed E-state index contributed by atoms with van der Waals surface area (Å²) in [6.45, 7) is 0. The Hall–Kier alpha value is -6.96. The van der Waals surface area contributed by atoms with Gasteiger partial charge in [-0.1, -0.05) is 127 Å². The van der Waals surface area contributed by atoms with Crippen molar-refractivity contribution in [1.29, 1.82) is 0 Å². The molecule has 1 aliphatic heterocycles. The van der Waals surface area contributed by atoms with Gasteiger partial charge in [0.2, 0.25) is 0 Å². The van der Waals surface area contributed by atoms with Crippen LogP contribution in [0.3, 0.4) is 0 Å². The molecule has 0 amide bonds. The number of nitrogens with one attached hydrogen (secondary N) is 3. The van der Waals surface area contributed by atoms with E-state index in [-0.39, 0.29) is 18.5 Å². The Kier molecular flexibility index (Phi) is 7.25. The molecule has 1 saturated heterocycles. The summed E-state index contributed by atoms with van der Waals surface area (Å²) in [5.41, 5.74) is 12.5. The van der Waals surface area contributed by atoms with E-state index >= 15 is 0 Å². The quantitative estimate of drug-likeness (QED) is 0.164. The second-order valence-corrected chi connectivity index (χ2v) is 15.0. The minimum atomic E-state index is -0.106. The topological polar surface area (TPSA) is 67.3 Å². The van der Waals surface area contributed by atoms with Crippen molar-refractivity contribution in [3.05, 3.63) is 199 Å². The van der Waals surface area contributed by atoms with Crippen LogP contribution < -0.4 is 16.0 Å². The largest absolute Gasteiger partial charge is 0.456 e. The molecule has 11 aromatic rings. The van der Waals surface area contributed by atoms with E-state index in [0.717, 1.165) is 66.3 Å². The van der Waals surface area contributed by atoms with Gasteiger partial charge in [0.15, 0.2) is 0 Å². The van der Waals surface area contributed by atoms with Crippen molar-refractivity contribution in [2.45, 2.75) is 18.5 Å². The summed E-state index contributed by atoms with van der Waals surface area (Å²) in [5.74, 6) is 0. The number of rotatable bonds is 5. The van der Waals surface area contributed by atoms with Crippen molar-refractivity contribution < 1.29 is 8.83 Å². The molecule has 0 radical (unpaired) electrons. The van der Waals surface area contributed by atoms with E-state index in [1.807, 2.05) is 0 Å². The maximum atomic E-state index is 6.67. The van der Waals surface area contributed by atoms with Crippen LogP contribution in [0.5, 0.6) is 0 Å². The fraction of sp³-hybridized carbons (Fsp3) is 0.0588. The van der Waals surface area contributed by atoms with Gasteiger partial charge in [-0.15, -0.1) is 0 Å². The van der Waals surface area contributed by atoms with E-state index in [0.29, 0.717) is 0 Å². The van der Waals surface area contributed by atoms with Gasteiger partial charge < -0.3 is 13.4 Å². The van der Waals surface area contributed by atoms with Crippen LogP contribution in [0.25, 0.3) is 82.5 Å². The van der Waals surface area contributed by atoms with Crippen LogP contribution in [0.2, 0.25) is 0 Å². The summed E-state index contributed by atoms with van der Waals surface area (Å²) in [6.07, 6.45) is -0.191. The predicted molar refractivity (Wildman–Crippen MR) is 231 cm³/mol. The minimum Gasteiger partial charge on any atom is -0.456 e. The van der Waals surface area contributed by atoms with Crippen LogP contribution in [0.1, 0.15) is 35.2 Å². The molecule has 2 atom stereocenters. The van der Waals surface area contributed by atoms with Gasteiger partial charge in [-0.3, -0.25) is 16.0 Å². The zero-order valence-corrected chi connectivity index (χ0v) is 30.8. The van der Waals surface area contributed by atoms with E-state index in [2.05, 4.69) is 203 Å². The van der Waals surface area contributed by atoms with E-state index in [4.69, 9.17) is 8.83 Å². The van der Waals surface area contributed by atoms with Crippen molar-refractivity contribution in [2.75, 3.05) is 0 Å².